The molecule has 3 N–H and O–H groups in total. The van der Waals surface area contributed by atoms with Crippen molar-refractivity contribution in [3.63, 3.8) is 0 Å². The highest BCUT2D eigenvalue weighted by Gasteiger charge is 2.30. The molecule has 0 radical (unpaired) electrons. The SMILES string of the molecule is COc1cc2c(cc1Nc1ncc(Cl)c(Nc3ccccc3S(=O)C(C)C)n1)C1CNCCN1CC2. The normalized spacial score (nSPS) is 18.3. The average molecular weight is 527 g/mol. The Bertz CT molecular complexity index is 1290. The third kappa shape index (κ3) is 5.06. The first kappa shape index (κ1) is 25.0. The summed E-state index contributed by atoms with van der Waals surface area (Å²) in [7, 11) is 0.509. The third-order valence-electron chi connectivity index (χ3n) is 6.62. The lowest BCUT2D eigenvalue weighted by atomic mass is 9.90. The predicted octanol–water partition coefficient (Wildman–Crippen LogP) is 4.64. The second-order valence-electron chi connectivity index (χ2n) is 9.24. The molecule has 0 saturated carbocycles. The van der Waals surface area contributed by atoms with Gasteiger partial charge in [0.2, 0.25) is 5.95 Å². The Kier molecular flexibility index (Phi) is 7.43. The molecule has 0 amide bonds. The first-order valence-corrected chi connectivity index (χ1v) is 13.8. The highest BCUT2D eigenvalue weighted by molar-refractivity contribution is 7.85. The van der Waals surface area contributed by atoms with Gasteiger partial charge in [0.1, 0.15) is 10.8 Å². The average Bonchev–Trinajstić information content (AvgIpc) is 2.90. The number of piperazine rings is 1. The summed E-state index contributed by atoms with van der Waals surface area (Å²) in [4.78, 5) is 12.3. The quantitative estimate of drug-likeness (QED) is 0.410. The van der Waals surface area contributed by atoms with Gasteiger partial charge in [0.05, 0.1) is 40.4 Å². The van der Waals surface area contributed by atoms with Crippen molar-refractivity contribution in [3.8, 4) is 5.75 Å². The molecule has 0 aliphatic carbocycles. The van der Waals surface area contributed by atoms with Crippen LogP contribution >= 0.6 is 11.6 Å². The zero-order chi connectivity index (χ0) is 25.2. The summed E-state index contributed by atoms with van der Waals surface area (Å²) in [6.07, 6.45) is 2.56. The van der Waals surface area contributed by atoms with Gasteiger partial charge in [0.25, 0.3) is 0 Å². The van der Waals surface area contributed by atoms with Crippen molar-refractivity contribution < 1.29 is 8.95 Å². The summed E-state index contributed by atoms with van der Waals surface area (Å²) in [6, 6.07) is 12.1. The Balaban J connectivity index is 1.45. The van der Waals surface area contributed by atoms with E-state index in [1.54, 1.807) is 13.3 Å². The van der Waals surface area contributed by atoms with Gasteiger partial charge in [0, 0.05) is 37.5 Å². The maximum absolute atomic E-state index is 12.8. The van der Waals surface area contributed by atoms with E-state index >= 15 is 0 Å². The van der Waals surface area contributed by atoms with E-state index in [1.807, 2.05) is 38.1 Å². The lowest BCUT2D eigenvalue weighted by Gasteiger charge is -2.41. The molecule has 2 atom stereocenters. The Labute approximate surface area is 219 Å². The van der Waals surface area contributed by atoms with Crippen molar-refractivity contribution in [1.82, 2.24) is 20.2 Å². The number of rotatable bonds is 7. The van der Waals surface area contributed by atoms with Gasteiger partial charge in [-0.05, 0) is 41.8 Å². The number of fused-ring (bicyclic) bond motifs is 3. The highest BCUT2D eigenvalue weighted by atomic mass is 35.5. The molecule has 0 spiro atoms. The van der Waals surface area contributed by atoms with Gasteiger partial charge in [-0.1, -0.05) is 37.6 Å². The zero-order valence-corrected chi connectivity index (χ0v) is 22.2. The Morgan fingerprint density at radius 1 is 1.19 bits per heavy atom. The monoisotopic (exact) mass is 526 g/mol. The van der Waals surface area contributed by atoms with Gasteiger partial charge >= 0.3 is 0 Å². The summed E-state index contributed by atoms with van der Waals surface area (Å²) in [6.45, 7) is 7.93. The van der Waals surface area contributed by atoms with Crippen LogP contribution in [-0.4, -0.2) is 57.6 Å². The van der Waals surface area contributed by atoms with E-state index < -0.39 is 10.8 Å². The number of anilines is 4. The minimum Gasteiger partial charge on any atom is -0.495 e. The molecule has 2 unspecified atom stereocenters. The molecule has 1 aromatic heterocycles. The molecule has 3 heterocycles. The summed E-state index contributed by atoms with van der Waals surface area (Å²) < 4.78 is 18.5. The van der Waals surface area contributed by atoms with Crippen LogP contribution in [0.15, 0.2) is 47.5 Å². The third-order valence-corrected chi connectivity index (χ3v) is 8.54. The summed E-state index contributed by atoms with van der Waals surface area (Å²) in [5.74, 6) is 1.57. The van der Waals surface area contributed by atoms with Gasteiger partial charge in [-0.2, -0.15) is 4.98 Å². The van der Waals surface area contributed by atoms with Crippen LogP contribution in [0.3, 0.4) is 0 Å². The van der Waals surface area contributed by atoms with E-state index in [0.717, 1.165) is 44.0 Å². The fourth-order valence-corrected chi connectivity index (χ4v) is 5.97. The van der Waals surface area contributed by atoms with Crippen LogP contribution in [0.1, 0.15) is 31.0 Å². The number of nitrogens with one attached hydrogen (secondary N) is 3. The number of halogens is 1. The number of nitrogens with zero attached hydrogens (tertiary/aromatic N) is 3. The molecule has 10 heteroatoms. The largest absolute Gasteiger partial charge is 0.495 e. The van der Waals surface area contributed by atoms with Crippen molar-refractivity contribution >= 4 is 45.5 Å². The minimum atomic E-state index is -1.16. The summed E-state index contributed by atoms with van der Waals surface area (Å²) in [5, 5.41) is 10.5. The van der Waals surface area contributed by atoms with Gasteiger partial charge in [0.15, 0.2) is 5.82 Å². The van der Waals surface area contributed by atoms with Crippen LogP contribution in [0, 0.1) is 0 Å². The van der Waals surface area contributed by atoms with E-state index in [2.05, 4.69) is 43.0 Å². The second kappa shape index (κ2) is 10.7. The summed E-state index contributed by atoms with van der Waals surface area (Å²) >= 11 is 6.45. The fraction of sp³-hybridized carbons (Fsp3) is 0.385. The number of methoxy groups -OCH3 is 1. The number of hydrogen-bond acceptors (Lipinski definition) is 8. The minimum absolute atomic E-state index is 0.0159. The Hall–Kier alpha value is -2.72. The number of hydrogen-bond donors (Lipinski definition) is 3. The van der Waals surface area contributed by atoms with Crippen molar-refractivity contribution in [2.75, 3.05) is 43.9 Å². The van der Waals surface area contributed by atoms with Crippen molar-refractivity contribution in [2.45, 2.75) is 36.5 Å². The molecule has 190 valence electrons. The van der Waals surface area contributed by atoms with Crippen LogP contribution in [0.5, 0.6) is 5.75 Å². The molecule has 2 aliphatic heterocycles. The first-order chi connectivity index (χ1) is 17.4. The lowest BCUT2D eigenvalue weighted by Crippen LogP contribution is -2.48. The number of aromatic nitrogens is 2. The van der Waals surface area contributed by atoms with Crippen molar-refractivity contribution in [1.29, 1.82) is 0 Å². The number of ether oxygens (including phenoxy) is 1. The molecule has 8 nitrogen and oxygen atoms in total. The number of benzene rings is 2. The highest BCUT2D eigenvalue weighted by Crippen LogP contribution is 2.38. The molecule has 2 aromatic carbocycles. The van der Waals surface area contributed by atoms with Crippen LogP contribution in [0.2, 0.25) is 5.02 Å². The standard InChI is InChI=1S/C26H31ClN6O2S/c1-16(2)36(34)24-7-5-4-6-20(24)30-25-19(27)14-29-26(32-25)31-21-13-18-17(12-23(21)35-3)8-10-33-11-9-28-15-22(18)33/h4-7,12-14,16,22,28H,8-11,15H2,1-3H3,(H2,29,30,31,32). The van der Waals surface area contributed by atoms with E-state index in [-0.39, 0.29) is 5.25 Å². The van der Waals surface area contributed by atoms with E-state index in [0.29, 0.717) is 33.4 Å². The zero-order valence-electron chi connectivity index (χ0n) is 20.7. The predicted molar refractivity (Wildman–Crippen MR) is 145 cm³/mol. The molecule has 0 bridgehead atoms. The smallest absolute Gasteiger partial charge is 0.229 e. The van der Waals surface area contributed by atoms with Gasteiger partial charge in [-0.15, -0.1) is 0 Å². The van der Waals surface area contributed by atoms with Gasteiger partial charge in [-0.25, -0.2) is 4.98 Å². The van der Waals surface area contributed by atoms with Crippen LogP contribution in [0.25, 0.3) is 0 Å². The van der Waals surface area contributed by atoms with E-state index in [4.69, 9.17) is 16.3 Å². The van der Waals surface area contributed by atoms with Crippen molar-refractivity contribution in [2.24, 2.45) is 0 Å². The van der Waals surface area contributed by atoms with Crippen LogP contribution in [-0.2, 0) is 17.2 Å². The Morgan fingerprint density at radius 2 is 2.03 bits per heavy atom. The van der Waals surface area contributed by atoms with Crippen molar-refractivity contribution in [3.05, 3.63) is 58.7 Å². The molecule has 2 aliphatic rings. The summed E-state index contributed by atoms with van der Waals surface area (Å²) in [5.41, 5.74) is 4.12. The topological polar surface area (TPSA) is 91.4 Å². The molecule has 3 aromatic rings. The molecule has 5 rings (SSSR count). The number of para-hydroxylation sites is 1. The molecular formula is C26H31ClN6O2S. The molecule has 1 saturated heterocycles. The van der Waals surface area contributed by atoms with Crippen LogP contribution in [0.4, 0.5) is 23.1 Å². The maximum atomic E-state index is 12.8. The van der Waals surface area contributed by atoms with Crippen LogP contribution < -0.4 is 20.7 Å². The lowest BCUT2D eigenvalue weighted by molar-refractivity contribution is 0.151. The molecule has 1 fully saturated rings. The maximum Gasteiger partial charge on any atom is 0.229 e. The van der Waals surface area contributed by atoms with E-state index in [9.17, 15) is 4.21 Å². The molecular weight excluding hydrogens is 496 g/mol. The first-order valence-electron chi connectivity index (χ1n) is 12.2. The fourth-order valence-electron chi connectivity index (χ4n) is 4.78. The Morgan fingerprint density at radius 3 is 2.83 bits per heavy atom. The second-order valence-corrected chi connectivity index (χ2v) is 11.6. The molecule has 36 heavy (non-hydrogen) atoms. The van der Waals surface area contributed by atoms with E-state index in [1.165, 1.54) is 11.1 Å². The van der Waals surface area contributed by atoms with Gasteiger partial charge < -0.3 is 20.7 Å². The van der Waals surface area contributed by atoms with Gasteiger partial charge in [-0.3, -0.25) is 9.11 Å².